The Kier molecular flexibility index (Phi) is 5.00. The number of carbonyl (C=O) groups excluding carboxylic acids is 1. The highest BCUT2D eigenvalue weighted by Crippen LogP contribution is 2.14. The zero-order valence-electron chi connectivity index (χ0n) is 7.67. The van der Waals surface area contributed by atoms with Crippen LogP contribution in [0.3, 0.4) is 0 Å². The molecule has 1 aliphatic rings. The number of rotatable bonds is 5. The van der Waals surface area contributed by atoms with Crippen LogP contribution in [0.4, 0.5) is 0 Å². The van der Waals surface area contributed by atoms with Gasteiger partial charge in [0.1, 0.15) is 6.29 Å². The molecule has 0 saturated carbocycles. The fourth-order valence-electron chi connectivity index (χ4n) is 1.70. The Morgan fingerprint density at radius 1 is 1.33 bits per heavy atom. The Morgan fingerprint density at radius 3 is 2.92 bits per heavy atom. The monoisotopic (exact) mass is 168 g/mol. The van der Waals surface area contributed by atoms with E-state index in [1.807, 2.05) is 0 Å². The molecule has 1 unspecified atom stereocenters. The molecule has 2 nitrogen and oxygen atoms in total. The standard InChI is InChI=1S/C10H18NO/c12-9-5-1-2-6-10-7-3-4-8-11-10/h9-10H,1-8H2. The Labute approximate surface area is 74.7 Å². The van der Waals surface area contributed by atoms with Gasteiger partial charge in [-0.3, -0.25) is 0 Å². The second-order valence-corrected chi connectivity index (χ2v) is 3.51. The van der Waals surface area contributed by atoms with Gasteiger partial charge >= 0.3 is 0 Å². The average molecular weight is 168 g/mol. The summed E-state index contributed by atoms with van der Waals surface area (Å²) in [7, 11) is 0. The van der Waals surface area contributed by atoms with Gasteiger partial charge < -0.3 is 4.79 Å². The Balaban J connectivity index is 1.94. The van der Waals surface area contributed by atoms with Gasteiger partial charge in [0.05, 0.1) is 0 Å². The quantitative estimate of drug-likeness (QED) is 0.455. The zero-order chi connectivity index (χ0) is 8.65. The highest BCUT2D eigenvalue weighted by molar-refractivity contribution is 5.48. The first kappa shape index (κ1) is 9.72. The van der Waals surface area contributed by atoms with E-state index in [9.17, 15) is 4.79 Å². The van der Waals surface area contributed by atoms with Crippen LogP contribution in [0.5, 0.6) is 0 Å². The maximum atomic E-state index is 10.0. The second kappa shape index (κ2) is 6.18. The highest BCUT2D eigenvalue weighted by atomic mass is 16.1. The van der Waals surface area contributed by atoms with E-state index in [1.54, 1.807) is 0 Å². The Bertz CT molecular complexity index is 119. The lowest BCUT2D eigenvalue weighted by molar-refractivity contribution is -0.107. The molecular formula is C10H18NO. The molecule has 12 heavy (non-hydrogen) atoms. The molecule has 1 fully saturated rings. The average Bonchev–Trinajstić information content (AvgIpc) is 2.14. The second-order valence-electron chi connectivity index (χ2n) is 3.51. The minimum Gasteiger partial charge on any atom is -0.303 e. The number of carbonyl (C=O) groups is 1. The summed E-state index contributed by atoms with van der Waals surface area (Å²) in [4.78, 5) is 10.0. The highest BCUT2D eigenvalue weighted by Gasteiger charge is 2.12. The first-order valence-corrected chi connectivity index (χ1v) is 5.03. The number of hydrogen-bond donors (Lipinski definition) is 0. The molecule has 1 rings (SSSR count). The fraction of sp³-hybridized carbons (Fsp3) is 0.900. The van der Waals surface area contributed by atoms with Gasteiger partial charge in [-0.15, -0.1) is 0 Å². The van der Waals surface area contributed by atoms with E-state index in [4.69, 9.17) is 0 Å². The zero-order valence-corrected chi connectivity index (χ0v) is 7.67. The van der Waals surface area contributed by atoms with Crippen LogP contribution < -0.4 is 5.32 Å². The molecule has 69 valence electrons. The molecule has 0 bridgehead atoms. The van der Waals surface area contributed by atoms with Crippen molar-refractivity contribution in [2.45, 2.75) is 51.0 Å². The predicted molar refractivity (Wildman–Crippen MR) is 49.2 cm³/mol. The molecule has 0 aromatic carbocycles. The van der Waals surface area contributed by atoms with E-state index in [1.165, 1.54) is 32.1 Å². The summed E-state index contributed by atoms with van der Waals surface area (Å²) < 4.78 is 0. The van der Waals surface area contributed by atoms with Gasteiger partial charge in [0.25, 0.3) is 0 Å². The number of piperidine rings is 1. The van der Waals surface area contributed by atoms with Crippen molar-refractivity contribution in [1.82, 2.24) is 5.32 Å². The van der Waals surface area contributed by atoms with Crippen molar-refractivity contribution >= 4 is 6.29 Å². The summed E-state index contributed by atoms with van der Waals surface area (Å²) in [5.74, 6) is 0. The van der Waals surface area contributed by atoms with E-state index < -0.39 is 0 Å². The van der Waals surface area contributed by atoms with E-state index in [0.29, 0.717) is 6.04 Å². The third kappa shape index (κ3) is 3.86. The first-order chi connectivity index (χ1) is 5.93. The van der Waals surface area contributed by atoms with Crippen LogP contribution >= 0.6 is 0 Å². The lowest BCUT2D eigenvalue weighted by atomic mass is 9.99. The van der Waals surface area contributed by atoms with E-state index in [0.717, 1.165) is 25.7 Å². The Morgan fingerprint density at radius 2 is 2.25 bits per heavy atom. The van der Waals surface area contributed by atoms with Crippen molar-refractivity contribution in [1.29, 1.82) is 0 Å². The molecule has 0 aromatic rings. The maximum Gasteiger partial charge on any atom is 0.119 e. The molecule has 0 aromatic heterocycles. The molecule has 2 heteroatoms. The summed E-state index contributed by atoms with van der Waals surface area (Å²) in [6.45, 7) is 1.07. The van der Waals surface area contributed by atoms with Crippen LogP contribution in [0.25, 0.3) is 0 Å². The van der Waals surface area contributed by atoms with Crippen LogP contribution in [-0.4, -0.2) is 18.9 Å². The van der Waals surface area contributed by atoms with Gasteiger partial charge in [-0.25, -0.2) is 5.32 Å². The van der Waals surface area contributed by atoms with Crippen molar-refractivity contribution in [2.24, 2.45) is 0 Å². The number of unbranched alkanes of at least 4 members (excludes halogenated alkanes) is 2. The molecule has 1 atom stereocenters. The van der Waals surface area contributed by atoms with Gasteiger partial charge in [-0.05, 0) is 25.7 Å². The van der Waals surface area contributed by atoms with Crippen LogP contribution in [0, 0.1) is 0 Å². The van der Waals surface area contributed by atoms with Crippen molar-refractivity contribution in [3.63, 3.8) is 0 Å². The molecule has 0 amide bonds. The smallest absolute Gasteiger partial charge is 0.119 e. The van der Waals surface area contributed by atoms with Gasteiger partial charge in [0, 0.05) is 19.0 Å². The maximum absolute atomic E-state index is 10.0. The Hall–Kier alpha value is -0.370. The van der Waals surface area contributed by atoms with Crippen LogP contribution in [-0.2, 0) is 4.79 Å². The molecular weight excluding hydrogens is 150 g/mol. The summed E-state index contributed by atoms with van der Waals surface area (Å²) in [5.41, 5.74) is 0. The van der Waals surface area contributed by atoms with Gasteiger partial charge in [0.2, 0.25) is 0 Å². The van der Waals surface area contributed by atoms with Crippen LogP contribution in [0.2, 0.25) is 0 Å². The summed E-state index contributed by atoms with van der Waals surface area (Å²) >= 11 is 0. The normalized spacial score (nSPS) is 23.8. The van der Waals surface area contributed by atoms with E-state index in [2.05, 4.69) is 5.32 Å². The van der Waals surface area contributed by atoms with E-state index >= 15 is 0 Å². The molecule has 1 heterocycles. The third-order valence-corrected chi connectivity index (χ3v) is 2.44. The number of aldehydes is 1. The van der Waals surface area contributed by atoms with Crippen molar-refractivity contribution < 1.29 is 4.79 Å². The van der Waals surface area contributed by atoms with Gasteiger partial charge in [0.15, 0.2) is 0 Å². The van der Waals surface area contributed by atoms with E-state index in [-0.39, 0.29) is 0 Å². The minimum absolute atomic E-state index is 0.616. The summed E-state index contributed by atoms with van der Waals surface area (Å²) in [5, 5.41) is 4.54. The fourth-order valence-corrected chi connectivity index (χ4v) is 1.70. The topological polar surface area (TPSA) is 31.2 Å². The SMILES string of the molecule is O=CCCCCC1CCCC[N]1. The number of nitrogens with zero attached hydrogens (tertiary/aromatic N) is 1. The summed E-state index contributed by atoms with van der Waals surface area (Å²) in [6.07, 6.45) is 9.08. The largest absolute Gasteiger partial charge is 0.303 e. The summed E-state index contributed by atoms with van der Waals surface area (Å²) in [6, 6.07) is 0.616. The molecule has 0 N–H and O–H groups in total. The minimum atomic E-state index is 0.616. The van der Waals surface area contributed by atoms with Gasteiger partial charge in [-0.1, -0.05) is 12.8 Å². The van der Waals surface area contributed by atoms with Crippen molar-refractivity contribution in [3.8, 4) is 0 Å². The molecule has 1 radical (unpaired) electrons. The lowest BCUT2D eigenvalue weighted by Crippen LogP contribution is -2.27. The predicted octanol–water partition coefficient (Wildman–Crippen LogP) is 1.90. The van der Waals surface area contributed by atoms with Crippen molar-refractivity contribution in [3.05, 3.63) is 0 Å². The molecule has 1 aliphatic heterocycles. The van der Waals surface area contributed by atoms with Crippen molar-refractivity contribution in [2.75, 3.05) is 6.54 Å². The first-order valence-electron chi connectivity index (χ1n) is 5.03. The molecule has 1 saturated heterocycles. The lowest BCUT2D eigenvalue weighted by Gasteiger charge is -2.21. The van der Waals surface area contributed by atoms with Gasteiger partial charge in [-0.2, -0.15) is 0 Å². The van der Waals surface area contributed by atoms with Crippen LogP contribution in [0.15, 0.2) is 0 Å². The number of hydrogen-bond acceptors (Lipinski definition) is 1. The third-order valence-electron chi connectivity index (χ3n) is 2.44. The molecule has 0 spiro atoms. The van der Waals surface area contributed by atoms with Crippen LogP contribution in [0.1, 0.15) is 44.9 Å². The molecule has 0 aliphatic carbocycles.